The highest BCUT2D eigenvalue weighted by atomic mass is 15.2. The average Bonchev–Trinajstić information content (AvgIpc) is 2.52. The molecule has 0 atom stereocenters. The second-order valence-electron chi connectivity index (χ2n) is 5.38. The summed E-state index contributed by atoms with van der Waals surface area (Å²) in [6.07, 6.45) is 3.98. The number of hydrogen-bond acceptors (Lipinski definition) is 4. The van der Waals surface area contributed by atoms with Gasteiger partial charge in [-0.05, 0) is 18.9 Å². The molecule has 0 fully saturated rings. The molecule has 1 heterocycles. The van der Waals surface area contributed by atoms with Crippen LogP contribution >= 0.6 is 0 Å². The monoisotopic (exact) mass is 284 g/mol. The number of anilines is 2. The number of nitrogens with zero attached hydrogens (tertiary/aromatic N) is 3. The fourth-order valence-electron chi connectivity index (χ4n) is 2.06. The van der Waals surface area contributed by atoms with Gasteiger partial charge < -0.3 is 10.2 Å². The average molecular weight is 284 g/mol. The number of aromatic nitrogens is 2. The molecule has 2 aromatic rings. The van der Waals surface area contributed by atoms with Gasteiger partial charge in [0, 0.05) is 26.2 Å². The van der Waals surface area contributed by atoms with Crippen molar-refractivity contribution in [1.82, 2.24) is 9.97 Å². The van der Waals surface area contributed by atoms with Crippen molar-refractivity contribution in [3.05, 3.63) is 47.8 Å². The molecule has 0 unspecified atom stereocenters. The van der Waals surface area contributed by atoms with Gasteiger partial charge in [0.2, 0.25) is 0 Å². The predicted molar refractivity (Wildman–Crippen MR) is 88.7 cm³/mol. The van der Waals surface area contributed by atoms with E-state index < -0.39 is 0 Å². The number of nitrogens with one attached hydrogen (secondary N) is 1. The van der Waals surface area contributed by atoms with Crippen LogP contribution in [0.5, 0.6) is 0 Å². The van der Waals surface area contributed by atoms with E-state index in [0.717, 1.165) is 24.7 Å². The van der Waals surface area contributed by atoms with Gasteiger partial charge in [-0.3, -0.25) is 0 Å². The molecule has 1 N–H and O–H groups in total. The van der Waals surface area contributed by atoms with Gasteiger partial charge in [-0.2, -0.15) is 0 Å². The zero-order chi connectivity index (χ0) is 15.1. The van der Waals surface area contributed by atoms with Crippen molar-refractivity contribution in [2.24, 2.45) is 0 Å². The zero-order valence-corrected chi connectivity index (χ0v) is 13.1. The van der Waals surface area contributed by atoms with Gasteiger partial charge in [0.05, 0.1) is 0 Å². The van der Waals surface area contributed by atoms with Crippen molar-refractivity contribution in [1.29, 1.82) is 0 Å². The summed E-state index contributed by atoms with van der Waals surface area (Å²) in [6, 6.07) is 10.5. The van der Waals surface area contributed by atoms with Crippen molar-refractivity contribution >= 4 is 11.6 Å². The van der Waals surface area contributed by atoms with Gasteiger partial charge in [0.1, 0.15) is 18.0 Å². The summed E-state index contributed by atoms with van der Waals surface area (Å²) in [5.41, 5.74) is 2.53. The SMILES string of the molecule is CCCCN(C)c1cc(NCc2ccc(C)cc2)ncn1. The first-order chi connectivity index (χ1) is 10.2. The largest absolute Gasteiger partial charge is 0.366 e. The second kappa shape index (κ2) is 7.62. The van der Waals surface area contributed by atoms with Crippen molar-refractivity contribution in [3.63, 3.8) is 0 Å². The van der Waals surface area contributed by atoms with Crippen LogP contribution in [0.25, 0.3) is 0 Å². The minimum absolute atomic E-state index is 0.773. The summed E-state index contributed by atoms with van der Waals surface area (Å²) in [4.78, 5) is 10.8. The molecule has 0 spiro atoms. The van der Waals surface area contributed by atoms with Crippen LogP contribution in [-0.2, 0) is 6.54 Å². The number of unbranched alkanes of at least 4 members (excludes halogenated alkanes) is 1. The van der Waals surface area contributed by atoms with Gasteiger partial charge in [-0.1, -0.05) is 43.2 Å². The highest BCUT2D eigenvalue weighted by molar-refractivity contribution is 5.48. The maximum Gasteiger partial charge on any atom is 0.133 e. The molecule has 1 aromatic heterocycles. The van der Waals surface area contributed by atoms with Gasteiger partial charge in [0.15, 0.2) is 0 Å². The van der Waals surface area contributed by atoms with E-state index in [1.807, 2.05) is 6.07 Å². The van der Waals surface area contributed by atoms with Crippen LogP contribution in [0.1, 0.15) is 30.9 Å². The second-order valence-corrected chi connectivity index (χ2v) is 5.38. The van der Waals surface area contributed by atoms with Crippen molar-refractivity contribution < 1.29 is 0 Å². The maximum absolute atomic E-state index is 4.33. The summed E-state index contributed by atoms with van der Waals surface area (Å²) in [5, 5.41) is 3.35. The van der Waals surface area contributed by atoms with E-state index in [0.29, 0.717) is 0 Å². The van der Waals surface area contributed by atoms with E-state index in [-0.39, 0.29) is 0 Å². The Bertz CT molecular complexity index is 551. The Morgan fingerprint density at radius 3 is 2.62 bits per heavy atom. The van der Waals surface area contributed by atoms with Crippen LogP contribution in [0, 0.1) is 6.92 Å². The predicted octanol–water partition coefficient (Wildman–Crippen LogP) is 3.63. The molecule has 2 rings (SSSR count). The summed E-state index contributed by atoms with van der Waals surface area (Å²) in [6.45, 7) is 6.09. The molecule has 0 saturated carbocycles. The Morgan fingerprint density at radius 2 is 1.90 bits per heavy atom. The smallest absolute Gasteiger partial charge is 0.133 e. The molecule has 0 radical (unpaired) electrons. The Kier molecular flexibility index (Phi) is 5.55. The summed E-state index contributed by atoms with van der Waals surface area (Å²) in [5.74, 6) is 1.83. The van der Waals surface area contributed by atoms with Crippen molar-refractivity contribution in [2.45, 2.75) is 33.2 Å². The minimum atomic E-state index is 0.773. The first kappa shape index (κ1) is 15.3. The lowest BCUT2D eigenvalue weighted by atomic mass is 10.1. The Morgan fingerprint density at radius 1 is 1.14 bits per heavy atom. The molecule has 1 aromatic carbocycles. The molecule has 21 heavy (non-hydrogen) atoms. The molecule has 0 aliphatic rings. The molecular formula is C17H24N4. The topological polar surface area (TPSA) is 41.0 Å². The van der Waals surface area contributed by atoms with Crippen molar-refractivity contribution in [3.8, 4) is 0 Å². The third-order valence-electron chi connectivity index (χ3n) is 3.49. The quantitative estimate of drug-likeness (QED) is 0.843. The number of aryl methyl sites for hydroxylation is 1. The van der Waals surface area contributed by atoms with Crippen LogP contribution in [0.3, 0.4) is 0 Å². The lowest BCUT2D eigenvalue weighted by molar-refractivity contribution is 0.758. The Labute approximate surface area is 127 Å². The fourth-order valence-corrected chi connectivity index (χ4v) is 2.06. The molecule has 0 aliphatic heterocycles. The Balaban J connectivity index is 1.95. The maximum atomic E-state index is 4.33. The van der Waals surface area contributed by atoms with E-state index in [4.69, 9.17) is 0 Å². The van der Waals surface area contributed by atoms with Crippen LogP contribution in [0.15, 0.2) is 36.7 Å². The van der Waals surface area contributed by atoms with E-state index in [1.165, 1.54) is 24.0 Å². The molecule has 0 aliphatic carbocycles. The van der Waals surface area contributed by atoms with Crippen LogP contribution in [0.4, 0.5) is 11.6 Å². The molecule has 4 heteroatoms. The summed E-state index contributed by atoms with van der Waals surface area (Å²) < 4.78 is 0. The van der Waals surface area contributed by atoms with Crippen LogP contribution < -0.4 is 10.2 Å². The lowest BCUT2D eigenvalue weighted by Crippen LogP contribution is -2.19. The standard InChI is InChI=1S/C17H24N4/c1-4-5-10-21(3)17-11-16(19-13-20-17)18-12-15-8-6-14(2)7-9-15/h6-9,11,13H,4-5,10,12H2,1-3H3,(H,18,19,20). The lowest BCUT2D eigenvalue weighted by Gasteiger charge is -2.18. The molecular weight excluding hydrogens is 260 g/mol. The normalized spacial score (nSPS) is 10.4. The van der Waals surface area contributed by atoms with Crippen LogP contribution in [0.2, 0.25) is 0 Å². The molecule has 0 amide bonds. The molecule has 0 bridgehead atoms. The van der Waals surface area contributed by atoms with Gasteiger partial charge in [-0.15, -0.1) is 0 Å². The minimum Gasteiger partial charge on any atom is -0.366 e. The molecule has 112 valence electrons. The van der Waals surface area contributed by atoms with Crippen LogP contribution in [-0.4, -0.2) is 23.6 Å². The molecule has 0 saturated heterocycles. The van der Waals surface area contributed by atoms with E-state index >= 15 is 0 Å². The summed E-state index contributed by atoms with van der Waals surface area (Å²) in [7, 11) is 2.07. The van der Waals surface area contributed by atoms with E-state index in [9.17, 15) is 0 Å². The number of benzene rings is 1. The third-order valence-corrected chi connectivity index (χ3v) is 3.49. The first-order valence-corrected chi connectivity index (χ1v) is 7.51. The van der Waals surface area contributed by atoms with E-state index in [1.54, 1.807) is 6.33 Å². The highest BCUT2D eigenvalue weighted by Crippen LogP contribution is 2.14. The first-order valence-electron chi connectivity index (χ1n) is 7.51. The highest BCUT2D eigenvalue weighted by Gasteiger charge is 2.04. The zero-order valence-electron chi connectivity index (χ0n) is 13.1. The van der Waals surface area contributed by atoms with Gasteiger partial charge >= 0.3 is 0 Å². The molecule has 4 nitrogen and oxygen atoms in total. The van der Waals surface area contributed by atoms with Crippen molar-refractivity contribution in [2.75, 3.05) is 23.8 Å². The van der Waals surface area contributed by atoms with E-state index in [2.05, 4.69) is 65.3 Å². The fraction of sp³-hybridized carbons (Fsp3) is 0.412. The van der Waals surface area contributed by atoms with Gasteiger partial charge in [0.25, 0.3) is 0 Å². The number of hydrogen-bond donors (Lipinski definition) is 1. The third kappa shape index (κ3) is 4.74. The number of rotatable bonds is 7. The summed E-state index contributed by atoms with van der Waals surface area (Å²) >= 11 is 0. The van der Waals surface area contributed by atoms with Gasteiger partial charge in [-0.25, -0.2) is 9.97 Å². The Hall–Kier alpha value is -2.10.